The van der Waals surface area contributed by atoms with E-state index < -0.39 is 0 Å². The zero-order valence-electron chi connectivity index (χ0n) is 30.3. The molecule has 14 rings (SSSR count). The van der Waals surface area contributed by atoms with Gasteiger partial charge in [0, 0.05) is 27.8 Å². The smallest absolute Gasteiger partial charge is 0.143 e. The van der Waals surface area contributed by atoms with Crippen LogP contribution in [0.3, 0.4) is 0 Å². The highest BCUT2D eigenvalue weighted by Gasteiger charge is 2.56. The second kappa shape index (κ2) is 10.7. The van der Waals surface area contributed by atoms with Crippen LogP contribution in [0, 0.1) is 23.2 Å². The van der Waals surface area contributed by atoms with Gasteiger partial charge in [-0.2, -0.15) is 0 Å². The van der Waals surface area contributed by atoms with Crippen molar-refractivity contribution in [3.05, 3.63) is 157 Å². The quantitative estimate of drug-likeness (QED) is 0.168. The topological polar surface area (TPSA) is 13.1 Å². The summed E-state index contributed by atoms with van der Waals surface area (Å²) in [5, 5.41) is 10.2. The van der Waals surface area contributed by atoms with Crippen molar-refractivity contribution in [2.24, 2.45) is 23.2 Å². The molecule has 0 N–H and O–H groups in total. The van der Waals surface area contributed by atoms with Gasteiger partial charge in [0.25, 0.3) is 0 Å². The van der Waals surface area contributed by atoms with Gasteiger partial charge >= 0.3 is 0 Å². The molecule has 54 heavy (non-hydrogen) atoms. The largest absolute Gasteiger partial charge is 0.455 e. The fourth-order valence-corrected chi connectivity index (χ4v) is 13.0. The molecule has 1 atom stereocenters. The summed E-state index contributed by atoms with van der Waals surface area (Å²) in [5.41, 5.74) is 13.5. The summed E-state index contributed by atoms with van der Waals surface area (Å²) in [6.07, 6.45) is 8.59. The van der Waals surface area contributed by atoms with Crippen molar-refractivity contribution in [1.82, 2.24) is 0 Å². The minimum absolute atomic E-state index is 0.356. The van der Waals surface area contributed by atoms with Crippen LogP contribution in [0.15, 0.2) is 150 Å². The first-order valence-electron chi connectivity index (χ1n) is 20.2. The zero-order valence-corrected chi connectivity index (χ0v) is 30.3. The van der Waals surface area contributed by atoms with Crippen molar-refractivity contribution in [3.63, 3.8) is 0 Å². The van der Waals surface area contributed by atoms with Gasteiger partial charge in [-0.3, -0.25) is 0 Å². The van der Waals surface area contributed by atoms with Gasteiger partial charge in [-0.15, -0.1) is 0 Å². The number of para-hydroxylation sites is 2. The summed E-state index contributed by atoms with van der Waals surface area (Å²) in [6.45, 7) is 0. The zero-order chi connectivity index (χ0) is 35.1. The van der Waals surface area contributed by atoms with Gasteiger partial charge in [-0.25, -0.2) is 0 Å². The third kappa shape index (κ3) is 3.95. The molecular weight excluding hydrogens is 653 g/mol. The van der Waals surface area contributed by atoms with Gasteiger partial charge in [0.1, 0.15) is 11.2 Å². The van der Waals surface area contributed by atoms with Gasteiger partial charge in [-0.05, 0) is 140 Å². The Kier molecular flexibility index (Phi) is 5.91. The molecule has 258 valence electrons. The van der Waals surface area contributed by atoms with Crippen LogP contribution in [0.4, 0.5) is 0 Å². The van der Waals surface area contributed by atoms with E-state index in [0.717, 1.165) is 34.5 Å². The second-order valence-corrected chi connectivity index (χ2v) is 17.4. The van der Waals surface area contributed by atoms with Gasteiger partial charge in [0.15, 0.2) is 0 Å². The van der Waals surface area contributed by atoms with Crippen molar-refractivity contribution in [1.29, 1.82) is 0 Å². The Morgan fingerprint density at radius 1 is 0.426 bits per heavy atom. The molecule has 1 unspecified atom stereocenters. The van der Waals surface area contributed by atoms with Crippen LogP contribution in [0.25, 0.3) is 87.6 Å². The number of hydrogen-bond acceptors (Lipinski definition) is 1. The number of benzene rings is 8. The lowest BCUT2D eigenvalue weighted by molar-refractivity contribution is -0.0612. The lowest BCUT2D eigenvalue weighted by Crippen LogP contribution is -2.48. The molecule has 1 aromatic heterocycles. The van der Waals surface area contributed by atoms with E-state index in [1.165, 1.54) is 109 Å². The molecule has 1 heteroatoms. The molecule has 9 aromatic rings. The van der Waals surface area contributed by atoms with Crippen LogP contribution >= 0.6 is 0 Å². The second-order valence-electron chi connectivity index (χ2n) is 17.4. The van der Waals surface area contributed by atoms with Gasteiger partial charge < -0.3 is 4.42 Å². The first kappa shape index (κ1) is 29.8. The minimum Gasteiger partial charge on any atom is -0.455 e. The van der Waals surface area contributed by atoms with Crippen molar-refractivity contribution in [2.75, 3.05) is 0 Å². The number of fused-ring (bicyclic) bond motifs is 10. The summed E-state index contributed by atoms with van der Waals surface area (Å²) < 4.78 is 6.67. The van der Waals surface area contributed by atoms with Crippen LogP contribution in [0.2, 0.25) is 0 Å². The molecule has 5 aliphatic carbocycles. The van der Waals surface area contributed by atoms with E-state index in [0.29, 0.717) is 11.3 Å². The summed E-state index contributed by atoms with van der Waals surface area (Å²) in [6, 6.07) is 55.0. The molecule has 4 fully saturated rings. The van der Waals surface area contributed by atoms with E-state index in [-0.39, 0.29) is 0 Å². The third-order valence-electron chi connectivity index (χ3n) is 14.5. The predicted octanol–water partition coefficient (Wildman–Crippen LogP) is 14.7. The van der Waals surface area contributed by atoms with Crippen molar-refractivity contribution >= 4 is 54.3 Å². The van der Waals surface area contributed by atoms with Crippen LogP contribution in [-0.4, -0.2) is 0 Å². The summed E-state index contributed by atoms with van der Waals surface area (Å²) >= 11 is 0. The fraction of sp³-hybridized carbons (Fsp3) is 0.208. The SMILES string of the molecule is c1ccc2c3c(ccc2c1)C(C12CC4CC(CC(C4)C1)C2)c1cc(-c2c4ccccc4c(-c4cccc5c4oc4ccccc45)c4ccccc24)ccc1-3. The van der Waals surface area contributed by atoms with Gasteiger partial charge in [0.2, 0.25) is 0 Å². The predicted molar refractivity (Wildman–Crippen MR) is 225 cm³/mol. The Morgan fingerprint density at radius 3 is 1.72 bits per heavy atom. The number of hydrogen-bond donors (Lipinski definition) is 0. The molecule has 4 saturated carbocycles. The highest BCUT2D eigenvalue weighted by Crippen LogP contribution is 2.69. The molecule has 8 aromatic carbocycles. The fourth-order valence-electron chi connectivity index (χ4n) is 13.0. The maximum absolute atomic E-state index is 6.67. The van der Waals surface area contributed by atoms with E-state index in [2.05, 4.69) is 146 Å². The maximum Gasteiger partial charge on any atom is 0.143 e. The summed E-state index contributed by atoms with van der Waals surface area (Å²) in [4.78, 5) is 0. The molecule has 0 amide bonds. The number of furan rings is 1. The van der Waals surface area contributed by atoms with Gasteiger partial charge in [0.05, 0.1) is 0 Å². The van der Waals surface area contributed by atoms with Crippen LogP contribution in [-0.2, 0) is 0 Å². The lowest BCUT2D eigenvalue weighted by Gasteiger charge is -2.59. The lowest BCUT2D eigenvalue weighted by atomic mass is 9.45. The van der Waals surface area contributed by atoms with E-state index in [4.69, 9.17) is 4.42 Å². The summed E-state index contributed by atoms with van der Waals surface area (Å²) in [7, 11) is 0. The molecule has 1 nitrogen and oxygen atoms in total. The van der Waals surface area contributed by atoms with Crippen LogP contribution in [0.5, 0.6) is 0 Å². The molecule has 0 aliphatic heterocycles. The van der Waals surface area contributed by atoms with E-state index in [9.17, 15) is 0 Å². The average molecular weight is 693 g/mol. The molecular formula is C53H40O. The van der Waals surface area contributed by atoms with Crippen molar-refractivity contribution in [3.8, 4) is 33.4 Å². The van der Waals surface area contributed by atoms with E-state index in [1.54, 1.807) is 11.1 Å². The van der Waals surface area contributed by atoms with Crippen molar-refractivity contribution in [2.45, 2.75) is 44.4 Å². The Balaban J connectivity index is 1.08. The van der Waals surface area contributed by atoms with Crippen molar-refractivity contribution < 1.29 is 4.42 Å². The highest BCUT2D eigenvalue weighted by molar-refractivity contribution is 6.24. The van der Waals surface area contributed by atoms with Crippen LogP contribution in [0.1, 0.15) is 55.6 Å². The molecule has 0 spiro atoms. The Hall–Kier alpha value is -5.66. The molecule has 0 saturated heterocycles. The minimum atomic E-state index is 0.356. The highest BCUT2D eigenvalue weighted by atomic mass is 16.3. The molecule has 1 heterocycles. The molecule has 5 aliphatic rings. The van der Waals surface area contributed by atoms with E-state index >= 15 is 0 Å². The summed E-state index contributed by atoms with van der Waals surface area (Å²) in [5.74, 6) is 3.17. The Morgan fingerprint density at radius 2 is 1.02 bits per heavy atom. The maximum atomic E-state index is 6.67. The average Bonchev–Trinajstić information content (AvgIpc) is 3.76. The first-order valence-corrected chi connectivity index (χ1v) is 20.2. The first-order chi connectivity index (χ1) is 26.7. The molecule has 4 bridgehead atoms. The van der Waals surface area contributed by atoms with E-state index in [1.807, 2.05) is 0 Å². The van der Waals surface area contributed by atoms with Gasteiger partial charge in [-0.1, -0.05) is 133 Å². The Bertz CT molecular complexity index is 2960. The molecule has 0 radical (unpaired) electrons. The monoisotopic (exact) mass is 692 g/mol. The normalized spacial score (nSPS) is 23.9. The third-order valence-corrected chi connectivity index (χ3v) is 14.5. The standard InChI is InChI=1S/C53H40O/c1-2-11-36-34(10-1)20-23-44-49(36)42-22-21-35(27-46(42)51(44)53-28-31-24-32(29-53)26-33(25-31)30-53)48-38-13-3-5-15-40(38)50(41-16-6-4-14-39(41)48)45-18-9-17-43-37-12-7-8-19-47(37)54-52(43)45/h1-23,27,31-33,51H,24-26,28-30H2. The Labute approximate surface area is 315 Å². The number of rotatable bonds is 3. The van der Waals surface area contributed by atoms with Crippen LogP contribution < -0.4 is 0 Å².